The van der Waals surface area contributed by atoms with Gasteiger partial charge in [0.15, 0.2) is 5.78 Å². The van der Waals surface area contributed by atoms with Gasteiger partial charge in [-0.25, -0.2) is 4.79 Å². The van der Waals surface area contributed by atoms with Crippen LogP contribution in [0.3, 0.4) is 0 Å². The Balaban J connectivity index is 3.02. The highest BCUT2D eigenvalue weighted by molar-refractivity contribution is 6.00. The number of carbonyl (C=O) groups excluding carboxylic acids is 2. The van der Waals surface area contributed by atoms with Gasteiger partial charge in [-0.3, -0.25) is 9.59 Å². The van der Waals surface area contributed by atoms with E-state index < -0.39 is 17.9 Å². The second-order valence-corrected chi connectivity index (χ2v) is 5.27. The molecule has 1 unspecified atom stereocenters. The molecule has 22 heavy (non-hydrogen) atoms. The lowest BCUT2D eigenvalue weighted by atomic mass is 10.0. The molecule has 0 aliphatic rings. The fourth-order valence-corrected chi connectivity index (χ4v) is 2.20. The lowest BCUT2D eigenvalue weighted by Gasteiger charge is -2.30. The van der Waals surface area contributed by atoms with Crippen molar-refractivity contribution in [3.63, 3.8) is 0 Å². The number of nitrogens with zero attached hydrogens (tertiary/aromatic N) is 1. The number of carboxylic acid groups (broad SMARTS) is 1. The highest BCUT2D eigenvalue weighted by Crippen LogP contribution is 2.14. The first-order chi connectivity index (χ1) is 10.4. The van der Waals surface area contributed by atoms with Crippen molar-refractivity contribution in [2.75, 3.05) is 20.3 Å². The Kier molecular flexibility index (Phi) is 6.72. The lowest BCUT2D eigenvalue weighted by Crippen LogP contribution is -2.51. The van der Waals surface area contributed by atoms with Crippen LogP contribution in [0.15, 0.2) is 30.3 Å². The Morgan fingerprint density at radius 3 is 2.23 bits per heavy atom. The van der Waals surface area contributed by atoms with E-state index in [0.29, 0.717) is 5.56 Å². The smallest absolute Gasteiger partial charge is 0.326 e. The van der Waals surface area contributed by atoms with Crippen LogP contribution in [0.2, 0.25) is 0 Å². The predicted octanol–water partition coefficient (Wildman–Crippen LogP) is 1.45. The Morgan fingerprint density at radius 1 is 1.18 bits per heavy atom. The van der Waals surface area contributed by atoms with Gasteiger partial charge in [0, 0.05) is 12.7 Å². The summed E-state index contributed by atoms with van der Waals surface area (Å²) in [6.07, 6.45) is 0. The van der Waals surface area contributed by atoms with E-state index in [9.17, 15) is 19.5 Å². The van der Waals surface area contributed by atoms with Crippen LogP contribution in [0.1, 0.15) is 24.2 Å². The molecular weight excluding hydrogens is 286 g/mol. The molecule has 6 nitrogen and oxygen atoms in total. The molecule has 0 saturated carbocycles. The van der Waals surface area contributed by atoms with Crippen molar-refractivity contribution in [1.29, 1.82) is 0 Å². The third-order valence-corrected chi connectivity index (χ3v) is 3.22. The summed E-state index contributed by atoms with van der Waals surface area (Å²) in [5.41, 5.74) is 0.436. The number of benzene rings is 1. The summed E-state index contributed by atoms with van der Waals surface area (Å²) in [6, 6.07) is 7.39. The zero-order valence-corrected chi connectivity index (χ0v) is 13.0. The Morgan fingerprint density at radius 2 is 1.77 bits per heavy atom. The molecule has 120 valence electrons. The molecular formula is C16H21NO5. The largest absolute Gasteiger partial charge is 0.480 e. The van der Waals surface area contributed by atoms with Gasteiger partial charge in [-0.15, -0.1) is 0 Å². The van der Waals surface area contributed by atoms with Crippen LogP contribution in [0.5, 0.6) is 0 Å². The molecule has 1 rings (SSSR count). The van der Waals surface area contributed by atoms with Gasteiger partial charge < -0.3 is 14.7 Å². The second-order valence-electron chi connectivity index (χ2n) is 5.27. The van der Waals surface area contributed by atoms with E-state index >= 15 is 0 Å². The number of methoxy groups -OCH3 is 1. The SMILES string of the molecule is COCC(=O)N(CC(=O)c1ccccc1)C(C(=O)O)C(C)C. The molecule has 0 bridgehead atoms. The van der Waals surface area contributed by atoms with Crippen molar-refractivity contribution < 1.29 is 24.2 Å². The highest BCUT2D eigenvalue weighted by atomic mass is 16.5. The number of carbonyl (C=O) groups is 3. The molecule has 1 amide bonds. The zero-order valence-electron chi connectivity index (χ0n) is 13.0. The minimum atomic E-state index is -1.14. The predicted molar refractivity (Wildman–Crippen MR) is 80.6 cm³/mol. The standard InChI is InChI=1S/C16H21NO5/c1-11(2)15(16(20)21)17(14(19)10-22-3)9-13(18)12-7-5-4-6-8-12/h4-8,11,15H,9-10H2,1-3H3,(H,20,21). The molecule has 0 aromatic heterocycles. The van der Waals surface area contributed by atoms with Crippen molar-refractivity contribution in [1.82, 2.24) is 4.90 Å². The number of rotatable bonds is 8. The van der Waals surface area contributed by atoms with E-state index in [4.69, 9.17) is 4.74 Å². The molecule has 1 atom stereocenters. The number of hydrogen-bond acceptors (Lipinski definition) is 4. The molecule has 1 aromatic carbocycles. The summed E-state index contributed by atoms with van der Waals surface area (Å²) >= 11 is 0. The number of carboxylic acids is 1. The highest BCUT2D eigenvalue weighted by Gasteiger charge is 2.33. The minimum Gasteiger partial charge on any atom is -0.480 e. The Bertz CT molecular complexity index is 527. The first kappa shape index (κ1) is 17.8. The maximum absolute atomic E-state index is 12.3. The van der Waals surface area contributed by atoms with Crippen LogP contribution in [-0.4, -0.2) is 54.0 Å². The topological polar surface area (TPSA) is 83.9 Å². The van der Waals surface area contributed by atoms with Crippen molar-refractivity contribution in [3.05, 3.63) is 35.9 Å². The van der Waals surface area contributed by atoms with E-state index in [1.54, 1.807) is 44.2 Å². The lowest BCUT2D eigenvalue weighted by molar-refractivity contribution is -0.153. The molecule has 0 saturated heterocycles. The first-order valence-electron chi connectivity index (χ1n) is 6.98. The van der Waals surface area contributed by atoms with Crippen LogP contribution in [0, 0.1) is 5.92 Å². The molecule has 6 heteroatoms. The molecule has 0 aliphatic carbocycles. The summed E-state index contributed by atoms with van der Waals surface area (Å²) in [4.78, 5) is 37.0. The first-order valence-corrected chi connectivity index (χ1v) is 6.98. The van der Waals surface area contributed by atoms with Crippen LogP contribution >= 0.6 is 0 Å². The van der Waals surface area contributed by atoms with E-state index in [1.165, 1.54) is 7.11 Å². The van der Waals surface area contributed by atoms with Gasteiger partial charge in [-0.1, -0.05) is 44.2 Å². The molecule has 0 heterocycles. The monoisotopic (exact) mass is 307 g/mol. The maximum Gasteiger partial charge on any atom is 0.326 e. The molecule has 0 fully saturated rings. The number of ether oxygens (including phenoxy) is 1. The number of aliphatic carboxylic acids is 1. The van der Waals surface area contributed by atoms with Crippen LogP contribution < -0.4 is 0 Å². The minimum absolute atomic E-state index is 0.265. The van der Waals surface area contributed by atoms with Gasteiger partial charge >= 0.3 is 5.97 Å². The number of hydrogen-bond donors (Lipinski definition) is 1. The van der Waals surface area contributed by atoms with E-state index in [2.05, 4.69) is 0 Å². The fourth-order valence-electron chi connectivity index (χ4n) is 2.20. The zero-order chi connectivity index (χ0) is 16.7. The molecule has 0 aliphatic heterocycles. The van der Waals surface area contributed by atoms with Gasteiger partial charge in [-0.2, -0.15) is 0 Å². The van der Waals surface area contributed by atoms with Gasteiger partial charge in [0.05, 0.1) is 6.54 Å². The number of Topliss-reactive ketones (excluding diaryl/α,β-unsaturated/α-hetero) is 1. The quantitative estimate of drug-likeness (QED) is 0.735. The molecule has 0 spiro atoms. The third kappa shape index (κ3) is 4.66. The average Bonchev–Trinajstić information content (AvgIpc) is 2.46. The van der Waals surface area contributed by atoms with Crippen molar-refractivity contribution >= 4 is 17.7 Å². The van der Waals surface area contributed by atoms with Crippen LogP contribution in [-0.2, 0) is 14.3 Å². The summed E-state index contributed by atoms with van der Waals surface area (Å²) in [5, 5.41) is 9.37. The van der Waals surface area contributed by atoms with Crippen molar-refractivity contribution in [3.8, 4) is 0 Å². The average molecular weight is 307 g/mol. The van der Waals surface area contributed by atoms with E-state index in [1.807, 2.05) is 0 Å². The second kappa shape index (κ2) is 8.29. The van der Waals surface area contributed by atoms with Gasteiger partial charge in [0.25, 0.3) is 0 Å². The summed E-state index contributed by atoms with van der Waals surface area (Å²) in [7, 11) is 1.35. The van der Waals surface area contributed by atoms with Gasteiger partial charge in [-0.05, 0) is 5.92 Å². The van der Waals surface area contributed by atoms with Crippen molar-refractivity contribution in [2.24, 2.45) is 5.92 Å². The maximum atomic E-state index is 12.3. The molecule has 0 radical (unpaired) electrons. The molecule has 1 N–H and O–H groups in total. The van der Waals surface area contributed by atoms with E-state index in [0.717, 1.165) is 4.90 Å². The van der Waals surface area contributed by atoms with E-state index in [-0.39, 0.29) is 24.9 Å². The normalized spacial score (nSPS) is 12.0. The Labute approximate surface area is 129 Å². The number of ketones is 1. The van der Waals surface area contributed by atoms with Crippen molar-refractivity contribution in [2.45, 2.75) is 19.9 Å². The summed E-state index contributed by atoms with van der Waals surface area (Å²) in [6.45, 7) is 2.83. The van der Waals surface area contributed by atoms with Crippen LogP contribution in [0.4, 0.5) is 0 Å². The third-order valence-electron chi connectivity index (χ3n) is 3.22. The number of amides is 1. The van der Waals surface area contributed by atoms with Gasteiger partial charge in [0.1, 0.15) is 12.6 Å². The summed E-state index contributed by atoms with van der Waals surface area (Å²) in [5.74, 6) is -2.30. The van der Waals surface area contributed by atoms with Gasteiger partial charge in [0.2, 0.25) is 5.91 Å². The summed E-state index contributed by atoms with van der Waals surface area (Å²) < 4.78 is 4.79. The Hall–Kier alpha value is -2.21. The fraction of sp³-hybridized carbons (Fsp3) is 0.438. The molecule has 1 aromatic rings. The van der Waals surface area contributed by atoms with Crippen LogP contribution in [0.25, 0.3) is 0 Å².